The molecule has 3 rings (SSSR count). The average Bonchev–Trinajstić information content (AvgIpc) is 3.29. The highest BCUT2D eigenvalue weighted by atomic mass is 31.3. The van der Waals surface area contributed by atoms with Gasteiger partial charge in [-0.2, -0.15) is 9.29 Å². The Balaban J connectivity index is 1.60. The summed E-state index contributed by atoms with van der Waals surface area (Å²) in [6.07, 6.45) is -6.38. The smallest absolute Gasteiger partial charge is 0.465 e. The van der Waals surface area contributed by atoms with Gasteiger partial charge < -0.3 is 40.5 Å². The number of nitrogen functional groups attached to an aromatic ring is 1. The Morgan fingerprint density at radius 3 is 2.47 bits per heavy atom. The molecule has 0 spiro atoms. The van der Waals surface area contributed by atoms with Crippen molar-refractivity contribution in [3.8, 4) is 0 Å². The number of phosphoric acid groups is 2. The van der Waals surface area contributed by atoms with E-state index in [9.17, 15) is 43.8 Å². The van der Waals surface area contributed by atoms with Gasteiger partial charge in [0.05, 0.1) is 19.5 Å². The topological polar surface area (TPSA) is 282 Å². The van der Waals surface area contributed by atoms with Gasteiger partial charge >= 0.3 is 21.7 Å². The first-order valence-electron chi connectivity index (χ1n) is 10.8. The summed E-state index contributed by atoms with van der Waals surface area (Å²) in [5.41, 5.74) is 3.79. The van der Waals surface area contributed by atoms with Crippen LogP contribution in [0.15, 0.2) is 11.1 Å². The summed E-state index contributed by atoms with van der Waals surface area (Å²) >= 11 is 0. The Kier molecular flexibility index (Phi) is 8.69. The zero-order valence-corrected chi connectivity index (χ0v) is 22.1. The van der Waals surface area contributed by atoms with Gasteiger partial charge in [0.25, 0.3) is 5.56 Å². The number of ether oxygens (including phenoxy) is 1. The zero-order chi connectivity index (χ0) is 28.6. The molecule has 1 saturated heterocycles. The first kappa shape index (κ1) is 30.1. The number of carbonyl (C=O) groups is 1. The molecule has 0 radical (unpaired) electrons. The minimum Gasteiger partial charge on any atom is -0.465 e. The van der Waals surface area contributed by atoms with Crippen LogP contribution in [-0.2, 0) is 27.2 Å². The second-order valence-corrected chi connectivity index (χ2v) is 12.1. The van der Waals surface area contributed by atoms with Crippen molar-refractivity contribution in [3.63, 3.8) is 0 Å². The molecule has 19 nitrogen and oxygen atoms in total. The normalized spacial score (nSPS) is 25.2. The van der Waals surface area contributed by atoms with Gasteiger partial charge in [-0.3, -0.25) is 23.4 Å². The summed E-state index contributed by atoms with van der Waals surface area (Å²) in [5.74, 6) is -0.250. The number of aromatic nitrogens is 4. The van der Waals surface area contributed by atoms with Crippen molar-refractivity contribution < 1.29 is 57.1 Å². The molecular formula is C17H28N6O13P2. The first-order chi connectivity index (χ1) is 17.4. The van der Waals surface area contributed by atoms with Crippen LogP contribution in [0.5, 0.6) is 0 Å². The number of nitrogens with two attached hydrogens (primary N) is 1. The number of hydrogen-bond donors (Lipinski definition) is 7. The molecule has 21 heteroatoms. The summed E-state index contributed by atoms with van der Waals surface area (Å²) in [4.78, 5) is 53.8. The summed E-state index contributed by atoms with van der Waals surface area (Å²) in [5, 5.41) is 30.0. The molecule has 1 amide bonds. The highest BCUT2D eigenvalue weighted by Crippen LogP contribution is 2.60. The maximum absolute atomic E-state index is 12.2. The zero-order valence-electron chi connectivity index (χ0n) is 20.3. The second kappa shape index (κ2) is 11.0. The molecule has 214 valence electrons. The monoisotopic (exact) mass is 586 g/mol. The fourth-order valence-electron chi connectivity index (χ4n) is 3.54. The number of aromatic amines is 1. The highest BCUT2D eigenvalue weighted by molar-refractivity contribution is 7.61. The molecule has 0 saturated carbocycles. The Bertz CT molecular complexity index is 1330. The van der Waals surface area contributed by atoms with E-state index in [1.165, 1.54) is 0 Å². The van der Waals surface area contributed by atoms with Gasteiger partial charge in [0.15, 0.2) is 17.4 Å². The number of nitrogens with one attached hydrogen (secondary N) is 1. The Morgan fingerprint density at radius 2 is 1.87 bits per heavy atom. The molecule has 0 aliphatic carbocycles. The minimum absolute atomic E-state index is 0.0773. The van der Waals surface area contributed by atoms with Crippen LogP contribution >= 0.6 is 15.6 Å². The van der Waals surface area contributed by atoms with Crippen molar-refractivity contribution in [2.45, 2.75) is 50.8 Å². The molecule has 2 unspecified atom stereocenters. The van der Waals surface area contributed by atoms with E-state index in [0.717, 1.165) is 15.8 Å². The number of aliphatic hydroxyl groups excluding tert-OH is 2. The number of carboxylic acid groups (broad SMARTS) is 1. The van der Waals surface area contributed by atoms with E-state index >= 15 is 0 Å². The molecule has 1 fully saturated rings. The van der Waals surface area contributed by atoms with Crippen LogP contribution in [-0.4, -0.2) is 99.2 Å². The van der Waals surface area contributed by atoms with Crippen molar-refractivity contribution >= 4 is 38.9 Å². The molecule has 1 aliphatic heterocycles. The number of aliphatic hydroxyl groups is 2. The third-order valence-electron chi connectivity index (χ3n) is 5.28. The largest absolute Gasteiger partial charge is 0.481 e. The van der Waals surface area contributed by atoms with E-state index < -0.39 is 70.6 Å². The lowest BCUT2D eigenvalue weighted by Gasteiger charge is -2.33. The summed E-state index contributed by atoms with van der Waals surface area (Å²) in [7, 11) is -10.5. The first-order valence-corrected chi connectivity index (χ1v) is 13.8. The van der Waals surface area contributed by atoms with Crippen molar-refractivity contribution in [2.24, 2.45) is 0 Å². The van der Waals surface area contributed by atoms with Gasteiger partial charge in [-0.05, 0) is 20.8 Å². The van der Waals surface area contributed by atoms with E-state index in [-0.39, 0.29) is 23.7 Å². The van der Waals surface area contributed by atoms with Gasteiger partial charge in [0.1, 0.15) is 18.3 Å². The predicted molar refractivity (Wildman–Crippen MR) is 126 cm³/mol. The summed E-state index contributed by atoms with van der Waals surface area (Å²) < 4.78 is 44.3. The molecule has 0 aromatic carbocycles. The van der Waals surface area contributed by atoms with E-state index in [0.29, 0.717) is 0 Å². The van der Waals surface area contributed by atoms with Gasteiger partial charge in [-0.1, -0.05) is 0 Å². The van der Waals surface area contributed by atoms with Gasteiger partial charge in [-0.25, -0.2) is 18.9 Å². The number of hydrogen-bond acceptors (Lipinski definition) is 13. The van der Waals surface area contributed by atoms with Gasteiger partial charge in [0, 0.05) is 12.1 Å². The maximum atomic E-state index is 12.2. The molecule has 2 aromatic heterocycles. The second-order valence-electron chi connectivity index (χ2n) is 9.07. The highest BCUT2D eigenvalue weighted by Gasteiger charge is 2.46. The lowest BCUT2D eigenvalue weighted by Crippen LogP contribution is -2.46. The van der Waals surface area contributed by atoms with Crippen LogP contribution < -0.4 is 11.3 Å². The fraction of sp³-hybridized carbons (Fsp3) is 0.647. The van der Waals surface area contributed by atoms with Crippen molar-refractivity contribution in [1.82, 2.24) is 24.4 Å². The van der Waals surface area contributed by atoms with Gasteiger partial charge in [-0.15, -0.1) is 0 Å². The van der Waals surface area contributed by atoms with Crippen LogP contribution in [0, 0.1) is 0 Å². The number of amides is 1. The number of rotatable bonds is 10. The number of nitrogens with zero attached hydrogens (tertiary/aromatic N) is 4. The summed E-state index contributed by atoms with van der Waals surface area (Å²) in [6, 6.07) is 0. The molecule has 6 atom stereocenters. The molecule has 3 heterocycles. The standard InChI is InChI=1S/C17H28N6O13P2/c1-17(2,3)23(16(27)28)4-5-33-37(29,30)36-38(31,32)34-6-8-10(24)11(25)14(35-8)22-7-19-9-12(22)20-15(18)21-13(9)26/h7-8,10-11,14,24-25H,4-6H2,1-3H3,(H,27,28)(H,29,30)(H,31,32)(H3,18,20,21,26)/t8-,10-,11-,14-/m1/s1. The van der Waals surface area contributed by atoms with Crippen molar-refractivity contribution in [2.75, 3.05) is 25.5 Å². The van der Waals surface area contributed by atoms with Crippen LogP contribution in [0.1, 0.15) is 27.0 Å². The number of anilines is 1. The molecule has 38 heavy (non-hydrogen) atoms. The van der Waals surface area contributed by atoms with Gasteiger partial charge in [0.2, 0.25) is 5.95 Å². The van der Waals surface area contributed by atoms with Crippen LogP contribution in [0.3, 0.4) is 0 Å². The Morgan fingerprint density at radius 1 is 1.24 bits per heavy atom. The number of fused-ring (bicyclic) bond motifs is 1. The van der Waals surface area contributed by atoms with Crippen LogP contribution in [0.25, 0.3) is 11.2 Å². The van der Waals surface area contributed by atoms with Crippen LogP contribution in [0.2, 0.25) is 0 Å². The van der Waals surface area contributed by atoms with E-state index in [1.807, 2.05) is 0 Å². The quantitative estimate of drug-likeness (QED) is 0.170. The average molecular weight is 586 g/mol. The maximum Gasteiger partial charge on any atom is 0.481 e. The number of phosphoric ester groups is 2. The van der Waals surface area contributed by atoms with E-state index in [1.54, 1.807) is 20.8 Å². The molecular weight excluding hydrogens is 558 g/mol. The number of imidazole rings is 1. The van der Waals surface area contributed by atoms with Crippen molar-refractivity contribution in [1.29, 1.82) is 0 Å². The minimum atomic E-state index is -5.29. The van der Waals surface area contributed by atoms with Crippen molar-refractivity contribution in [3.05, 3.63) is 16.7 Å². The van der Waals surface area contributed by atoms with E-state index in [2.05, 4.69) is 28.3 Å². The fourth-order valence-corrected chi connectivity index (χ4v) is 5.60. The predicted octanol–water partition coefficient (Wildman–Crippen LogP) is -0.650. The lowest BCUT2D eigenvalue weighted by molar-refractivity contribution is -0.0504. The Labute approximate surface area is 214 Å². The third kappa shape index (κ3) is 6.95. The molecule has 0 bridgehead atoms. The van der Waals surface area contributed by atoms with Crippen LogP contribution in [0.4, 0.5) is 10.7 Å². The molecule has 8 N–H and O–H groups in total. The molecule has 1 aliphatic rings. The lowest BCUT2D eigenvalue weighted by atomic mass is 10.1. The third-order valence-corrected chi connectivity index (χ3v) is 7.92. The summed E-state index contributed by atoms with van der Waals surface area (Å²) in [6.45, 7) is 2.81. The Hall–Kier alpha value is -2.44. The SMILES string of the molecule is CC(C)(C)N(CCOP(=O)(O)OP(=O)(O)OC[C@H]1O[C@@H](n2cnc3c(=O)[nH]c(N)nc32)[C@H](O)[C@@H]1O)C(=O)O. The van der Waals surface area contributed by atoms with E-state index in [4.69, 9.17) is 10.5 Å². The number of H-pyrrole nitrogens is 1. The molecule has 2 aromatic rings.